The van der Waals surface area contributed by atoms with Crippen LogP contribution in [-0.2, 0) is 0 Å². The Hall–Kier alpha value is -1.46. The Morgan fingerprint density at radius 2 is 0.472 bits per heavy atom. The predicted octanol–water partition coefficient (Wildman–Crippen LogP) is 3.93. The van der Waals surface area contributed by atoms with Crippen LogP contribution in [0, 0.1) is 27.7 Å². The van der Waals surface area contributed by atoms with E-state index in [9.17, 15) is 0 Å². The molecule has 0 aliphatic heterocycles. The average Bonchev–Trinajstić information content (AvgIpc) is 2.83. The van der Waals surface area contributed by atoms with E-state index in [1.54, 1.807) is 0 Å². The highest BCUT2D eigenvalue weighted by molar-refractivity contribution is 7.28. The SMILES string of the molecule is Cc1ccc(P)cc1.Cc1ccc(P)cc1.Cc1ccc(P)cc1.Cc1ccc(P)cc1.OB(O)O. The summed E-state index contributed by atoms with van der Waals surface area (Å²) in [5.41, 5.74) is 5.26. The van der Waals surface area contributed by atoms with Crippen LogP contribution in [0.2, 0.25) is 0 Å². The van der Waals surface area contributed by atoms with Gasteiger partial charge in [0.2, 0.25) is 0 Å². The lowest BCUT2D eigenvalue weighted by Crippen LogP contribution is -2.07. The molecule has 0 radical (unpaired) electrons. The average molecular weight is 558 g/mol. The van der Waals surface area contributed by atoms with Crippen LogP contribution in [0.4, 0.5) is 0 Å². The molecule has 0 aromatic heterocycles. The largest absolute Gasteiger partial charge is 0.631 e. The summed E-state index contributed by atoms with van der Waals surface area (Å²) in [5.74, 6) is 0. The minimum Gasteiger partial charge on any atom is -0.402 e. The highest BCUT2D eigenvalue weighted by atomic mass is 31.0. The minimum absolute atomic E-state index is 1.25. The molecule has 0 fully saturated rings. The minimum atomic E-state index is -2.17. The summed E-state index contributed by atoms with van der Waals surface area (Å²) in [6.45, 7) is 8.35. The molecule has 8 heteroatoms. The van der Waals surface area contributed by atoms with Crippen LogP contribution in [-0.4, -0.2) is 22.4 Å². The number of hydrogen-bond donors (Lipinski definition) is 3. The van der Waals surface area contributed by atoms with Gasteiger partial charge in [-0.3, -0.25) is 0 Å². The molecule has 36 heavy (non-hydrogen) atoms. The van der Waals surface area contributed by atoms with Gasteiger partial charge in [-0.15, -0.1) is 37.0 Å². The lowest BCUT2D eigenvalue weighted by Gasteiger charge is -1.89. The Labute approximate surface area is 227 Å². The molecule has 0 heterocycles. The van der Waals surface area contributed by atoms with Crippen molar-refractivity contribution >= 4 is 65.5 Å². The van der Waals surface area contributed by atoms with Crippen LogP contribution >= 0.6 is 37.0 Å². The van der Waals surface area contributed by atoms with Gasteiger partial charge in [0.15, 0.2) is 0 Å². The fourth-order valence-electron chi connectivity index (χ4n) is 2.27. The summed E-state index contributed by atoms with van der Waals surface area (Å²) >= 11 is 0. The molecular formula is C28H39BO3P4. The molecule has 4 atom stereocenters. The molecule has 4 aromatic rings. The van der Waals surface area contributed by atoms with Gasteiger partial charge in [-0.1, -0.05) is 119 Å². The van der Waals surface area contributed by atoms with Crippen LogP contribution in [0.25, 0.3) is 0 Å². The first-order valence-electron chi connectivity index (χ1n) is 11.2. The molecular weight excluding hydrogens is 519 g/mol. The van der Waals surface area contributed by atoms with Gasteiger partial charge in [0, 0.05) is 0 Å². The lowest BCUT2D eigenvalue weighted by atomic mass is 10.2. The maximum atomic E-state index is 7.17. The second-order valence-corrected chi connectivity index (χ2v) is 10.7. The van der Waals surface area contributed by atoms with Crippen molar-refractivity contribution in [1.82, 2.24) is 0 Å². The molecule has 0 saturated carbocycles. The summed E-state index contributed by atoms with van der Waals surface area (Å²) in [6.07, 6.45) is 0. The quantitative estimate of drug-likeness (QED) is 0.227. The highest BCUT2D eigenvalue weighted by Crippen LogP contribution is 1.97. The number of benzene rings is 4. The summed E-state index contributed by atoms with van der Waals surface area (Å²) in [7, 11) is 8.44. The van der Waals surface area contributed by atoms with Crippen molar-refractivity contribution in [3.63, 3.8) is 0 Å². The van der Waals surface area contributed by atoms with Crippen molar-refractivity contribution in [2.24, 2.45) is 0 Å². The van der Waals surface area contributed by atoms with E-state index in [2.05, 4.69) is 162 Å². The van der Waals surface area contributed by atoms with Gasteiger partial charge in [0.05, 0.1) is 0 Å². The van der Waals surface area contributed by atoms with Gasteiger partial charge >= 0.3 is 7.32 Å². The van der Waals surface area contributed by atoms with Crippen molar-refractivity contribution in [3.8, 4) is 0 Å². The Morgan fingerprint density at radius 3 is 0.556 bits per heavy atom. The third kappa shape index (κ3) is 21.8. The number of aryl methyl sites for hydroxylation is 4. The summed E-state index contributed by atoms with van der Waals surface area (Å²) in [6, 6.07) is 33.5. The van der Waals surface area contributed by atoms with Gasteiger partial charge < -0.3 is 15.1 Å². The van der Waals surface area contributed by atoms with Crippen molar-refractivity contribution in [2.75, 3.05) is 0 Å². The van der Waals surface area contributed by atoms with Crippen molar-refractivity contribution in [2.45, 2.75) is 27.7 Å². The molecule has 4 unspecified atom stereocenters. The molecule has 0 spiro atoms. The maximum Gasteiger partial charge on any atom is 0.631 e. The lowest BCUT2D eigenvalue weighted by molar-refractivity contribution is 0.278. The molecule has 0 amide bonds. The second kappa shape index (κ2) is 20.6. The van der Waals surface area contributed by atoms with E-state index in [1.807, 2.05) is 0 Å². The first kappa shape index (κ1) is 34.5. The van der Waals surface area contributed by atoms with Crippen LogP contribution in [0.5, 0.6) is 0 Å². The molecule has 192 valence electrons. The van der Waals surface area contributed by atoms with E-state index >= 15 is 0 Å². The first-order valence-corrected chi connectivity index (χ1v) is 13.5. The fourth-order valence-corrected chi connectivity index (χ4v) is 3.04. The Morgan fingerprint density at radius 1 is 0.361 bits per heavy atom. The molecule has 4 rings (SSSR count). The molecule has 3 N–H and O–H groups in total. The molecule has 0 saturated heterocycles. The molecule has 0 bridgehead atoms. The number of hydrogen-bond acceptors (Lipinski definition) is 3. The van der Waals surface area contributed by atoms with Gasteiger partial charge in [-0.05, 0) is 48.9 Å². The zero-order valence-corrected chi connectivity index (χ0v) is 26.1. The van der Waals surface area contributed by atoms with Crippen molar-refractivity contribution in [3.05, 3.63) is 119 Å². The van der Waals surface area contributed by atoms with E-state index in [1.165, 1.54) is 43.5 Å². The van der Waals surface area contributed by atoms with E-state index < -0.39 is 7.32 Å². The monoisotopic (exact) mass is 558 g/mol. The number of rotatable bonds is 0. The molecule has 0 aliphatic carbocycles. The van der Waals surface area contributed by atoms with Crippen LogP contribution < -0.4 is 21.2 Å². The van der Waals surface area contributed by atoms with Crippen LogP contribution in [0.3, 0.4) is 0 Å². The van der Waals surface area contributed by atoms with Crippen LogP contribution in [0.1, 0.15) is 22.3 Å². The Bertz CT molecular complexity index is 811. The van der Waals surface area contributed by atoms with E-state index in [0.717, 1.165) is 0 Å². The predicted molar refractivity (Wildman–Crippen MR) is 175 cm³/mol. The second-order valence-electron chi connectivity index (χ2n) is 7.99. The maximum absolute atomic E-state index is 7.17. The summed E-state index contributed by atoms with van der Waals surface area (Å²) < 4.78 is 0. The zero-order valence-electron chi connectivity index (χ0n) is 21.5. The molecule has 3 nitrogen and oxygen atoms in total. The first-order chi connectivity index (χ1) is 16.9. The Kier molecular flexibility index (Phi) is 19.8. The third-order valence-corrected chi connectivity index (χ3v) is 5.85. The smallest absolute Gasteiger partial charge is 0.402 e. The topological polar surface area (TPSA) is 60.7 Å². The van der Waals surface area contributed by atoms with Crippen molar-refractivity contribution < 1.29 is 15.1 Å². The van der Waals surface area contributed by atoms with Gasteiger partial charge in [-0.25, -0.2) is 0 Å². The van der Waals surface area contributed by atoms with E-state index in [-0.39, 0.29) is 0 Å². The van der Waals surface area contributed by atoms with E-state index in [0.29, 0.717) is 0 Å². The fraction of sp³-hybridized carbons (Fsp3) is 0.143. The molecule has 4 aromatic carbocycles. The standard InChI is InChI=1S/4C7H9P.BH3O3/c4*1-6-2-4-7(8)5-3-6;2-1(3)4/h4*2-5H,8H2,1H3;2-4H. The van der Waals surface area contributed by atoms with Gasteiger partial charge in [0.25, 0.3) is 0 Å². The zero-order chi connectivity index (χ0) is 27.5. The highest BCUT2D eigenvalue weighted by Gasteiger charge is 1.92. The van der Waals surface area contributed by atoms with E-state index in [4.69, 9.17) is 15.1 Å². The molecule has 0 aliphatic rings. The van der Waals surface area contributed by atoms with Crippen molar-refractivity contribution in [1.29, 1.82) is 0 Å². The van der Waals surface area contributed by atoms with Crippen LogP contribution in [0.15, 0.2) is 97.1 Å². The normalized spacial score (nSPS) is 8.97. The third-order valence-electron chi connectivity index (χ3n) is 4.31. The van der Waals surface area contributed by atoms with Gasteiger partial charge in [-0.2, -0.15) is 0 Å². The summed E-state index contributed by atoms with van der Waals surface area (Å²) in [4.78, 5) is 0. The van der Waals surface area contributed by atoms with Gasteiger partial charge in [0.1, 0.15) is 0 Å². The summed E-state index contributed by atoms with van der Waals surface area (Å²) in [5, 5.41) is 26.5. The Balaban J connectivity index is 0.000000433.